The van der Waals surface area contributed by atoms with Crippen molar-refractivity contribution in [2.45, 2.75) is 56.9 Å². The Morgan fingerprint density at radius 3 is 2.50 bits per heavy atom. The first-order valence-corrected chi connectivity index (χ1v) is 11.1. The normalized spacial score (nSPS) is 20.9. The minimum absolute atomic E-state index is 0.0967. The highest BCUT2D eigenvalue weighted by atomic mass is 32.2. The first kappa shape index (κ1) is 19.4. The second kappa shape index (κ2) is 8.08. The fourth-order valence-electron chi connectivity index (χ4n) is 3.93. The van der Waals surface area contributed by atoms with Crippen LogP contribution in [0, 0.1) is 12.8 Å². The summed E-state index contributed by atoms with van der Waals surface area (Å²) in [6.45, 7) is 3.67. The van der Waals surface area contributed by atoms with Gasteiger partial charge in [-0.1, -0.05) is 19.3 Å². The predicted octanol–water partition coefficient (Wildman–Crippen LogP) is 1.92. The van der Waals surface area contributed by atoms with Crippen LogP contribution in [0.5, 0.6) is 0 Å². The summed E-state index contributed by atoms with van der Waals surface area (Å²) in [5, 5.41) is 0.0967. The van der Waals surface area contributed by atoms with Crippen molar-refractivity contribution in [1.29, 1.82) is 0 Å². The van der Waals surface area contributed by atoms with Crippen LogP contribution in [0.3, 0.4) is 0 Å². The topological polar surface area (TPSA) is 75.5 Å². The molecule has 8 heteroatoms. The number of hydrogen-bond acceptors (Lipinski definition) is 4. The summed E-state index contributed by atoms with van der Waals surface area (Å²) in [5.74, 6) is 1.36. The van der Waals surface area contributed by atoms with Crippen LogP contribution in [0.2, 0.25) is 0 Å². The maximum atomic E-state index is 12.8. The molecule has 0 aromatic carbocycles. The number of aromatic nitrogens is 2. The highest BCUT2D eigenvalue weighted by molar-refractivity contribution is 7.89. The number of nitrogens with zero attached hydrogens (tertiary/aromatic N) is 4. The molecule has 2 heterocycles. The molecule has 1 aliphatic carbocycles. The molecule has 7 nitrogen and oxygen atoms in total. The molecule has 0 N–H and O–H groups in total. The molecule has 1 amide bonds. The van der Waals surface area contributed by atoms with Crippen molar-refractivity contribution in [2.75, 3.05) is 26.2 Å². The zero-order valence-electron chi connectivity index (χ0n) is 15.9. The van der Waals surface area contributed by atoms with Crippen molar-refractivity contribution in [1.82, 2.24) is 18.8 Å². The molecule has 2 fully saturated rings. The SMILES string of the molecule is Cc1nc(S(=O)(=O)N2CCCN(C(=O)CC3CCCCC3)CC2)cn1C. The van der Waals surface area contributed by atoms with Crippen LogP contribution >= 0.6 is 0 Å². The summed E-state index contributed by atoms with van der Waals surface area (Å²) in [7, 11) is -1.81. The first-order valence-electron chi connectivity index (χ1n) is 9.66. The molecule has 0 radical (unpaired) electrons. The van der Waals surface area contributed by atoms with Crippen LogP contribution in [-0.2, 0) is 21.9 Å². The second-order valence-corrected chi connectivity index (χ2v) is 9.47. The van der Waals surface area contributed by atoms with Crippen molar-refractivity contribution in [2.24, 2.45) is 13.0 Å². The highest BCUT2D eigenvalue weighted by Gasteiger charge is 2.30. The lowest BCUT2D eigenvalue weighted by Crippen LogP contribution is -2.38. The standard InChI is InChI=1S/C18H30N4O3S/c1-15-19-17(14-20(15)2)26(24,25)22-10-6-9-21(11-12-22)18(23)13-16-7-4-3-5-8-16/h14,16H,3-13H2,1-2H3. The van der Waals surface area contributed by atoms with Gasteiger partial charge in [-0.3, -0.25) is 4.79 Å². The van der Waals surface area contributed by atoms with E-state index in [2.05, 4.69) is 4.98 Å². The maximum Gasteiger partial charge on any atom is 0.262 e. The molecule has 1 aliphatic heterocycles. The van der Waals surface area contributed by atoms with E-state index in [0.717, 1.165) is 12.8 Å². The highest BCUT2D eigenvalue weighted by Crippen LogP contribution is 2.27. The summed E-state index contributed by atoms with van der Waals surface area (Å²) in [5.41, 5.74) is 0. The number of rotatable bonds is 4. The van der Waals surface area contributed by atoms with Gasteiger partial charge in [0.1, 0.15) is 5.82 Å². The van der Waals surface area contributed by atoms with Gasteiger partial charge in [0.25, 0.3) is 10.0 Å². The zero-order chi connectivity index (χ0) is 18.7. The largest absolute Gasteiger partial charge is 0.341 e. The summed E-state index contributed by atoms with van der Waals surface area (Å²) in [4.78, 5) is 18.7. The smallest absolute Gasteiger partial charge is 0.262 e. The fraction of sp³-hybridized carbons (Fsp3) is 0.778. The van der Waals surface area contributed by atoms with Gasteiger partial charge in [0.2, 0.25) is 5.91 Å². The van der Waals surface area contributed by atoms with E-state index in [4.69, 9.17) is 0 Å². The number of imidazole rings is 1. The molecule has 0 bridgehead atoms. The lowest BCUT2D eigenvalue weighted by Gasteiger charge is -2.26. The van der Waals surface area contributed by atoms with Gasteiger partial charge in [0.15, 0.2) is 5.03 Å². The number of hydrogen-bond donors (Lipinski definition) is 0. The molecule has 2 aliphatic rings. The van der Waals surface area contributed by atoms with Crippen LogP contribution in [0.25, 0.3) is 0 Å². The summed E-state index contributed by atoms with van der Waals surface area (Å²) in [6, 6.07) is 0. The molecule has 0 spiro atoms. The van der Waals surface area contributed by atoms with Crippen LogP contribution in [0.1, 0.15) is 50.8 Å². The quantitative estimate of drug-likeness (QED) is 0.797. The second-order valence-electron chi connectivity index (χ2n) is 7.58. The van der Waals surface area contributed by atoms with Crippen molar-refractivity contribution in [3.05, 3.63) is 12.0 Å². The molecule has 3 rings (SSSR count). The number of carbonyl (C=O) groups is 1. The van der Waals surface area contributed by atoms with Gasteiger partial charge in [0.05, 0.1) is 0 Å². The Hall–Kier alpha value is -1.41. The van der Waals surface area contributed by atoms with Crippen molar-refractivity contribution in [3.8, 4) is 0 Å². The van der Waals surface area contributed by atoms with Gasteiger partial charge in [-0.05, 0) is 32.1 Å². The van der Waals surface area contributed by atoms with E-state index in [9.17, 15) is 13.2 Å². The lowest BCUT2D eigenvalue weighted by atomic mass is 9.86. The van der Waals surface area contributed by atoms with Crippen LogP contribution in [0.4, 0.5) is 0 Å². The first-order chi connectivity index (χ1) is 12.4. The molecule has 1 saturated carbocycles. The van der Waals surface area contributed by atoms with Crippen LogP contribution in [0.15, 0.2) is 11.2 Å². The number of carbonyl (C=O) groups excluding carboxylic acids is 1. The molecule has 0 unspecified atom stereocenters. The molecule has 1 aromatic heterocycles. The molecular formula is C18H30N4O3S. The van der Waals surface area contributed by atoms with Gasteiger partial charge in [0, 0.05) is 45.8 Å². The van der Waals surface area contributed by atoms with E-state index in [0.29, 0.717) is 50.8 Å². The Morgan fingerprint density at radius 2 is 1.85 bits per heavy atom. The average Bonchev–Trinajstić information content (AvgIpc) is 2.83. The number of aryl methyl sites for hydroxylation is 2. The third-order valence-electron chi connectivity index (χ3n) is 5.69. The predicted molar refractivity (Wildman–Crippen MR) is 99.1 cm³/mol. The van der Waals surface area contributed by atoms with E-state index in [1.165, 1.54) is 23.6 Å². The summed E-state index contributed by atoms with van der Waals surface area (Å²) in [6.07, 6.45) is 8.89. The summed E-state index contributed by atoms with van der Waals surface area (Å²) >= 11 is 0. The monoisotopic (exact) mass is 382 g/mol. The van der Waals surface area contributed by atoms with E-state index in [1.807, 2.05) is 4.90 Å². The molecule has 1 aromatic rings. The van der Waals surface area contributed by atoms with Crippen molar-refractivity contribution >= 4 is 15.9 Å². The Labute approximate surface area is 156 Å². The van der Waals surface area contributed by atoms with Crippen molar-refractivity contribution in [3.63, 3.8) is 0 Å². The molecule has 0 atom stereocenters. The van der Waals surface area contributed by atoms with Crippen LogP contribution < -0.4 is 0 Å². The van der Waals surface area contributed by atoms with E-state index < -0.39 is 10.0 Å². The number of amides is 1. The zero-order valence-corrected chi connectivity index (χ0v) is 16.7. The van der Waals surface area contributed by atoms with Gasteiger partial charge < -0.3 is 9.47 Å². The summed E-state index contributed by atoms with van der Waals surface area (Å²) < 4.78 is 28.9. The Morgan fingerprint density at radius 1 is 1.12 bits per heavy atom. The fourth-order valence-corrected chi connectivity index (χ4v) is 5.43. The Bertz CT molecular complexity index is 718. The average molecular weight is 383 g/mol. The van der Waals surface area contributed by atoms with Gasteiger partial charge >= 0.3 is 0 Å². The van der Waals surface area contributed by atoms with Gasteiger partial charge in [-0.15, -0.1) is 0 Å². The van der Waals surface area contributed by atoms with E-state index >= 15 is 0 Å². The van der Waals surface area contributed by atoms with E-state index in [1.54, 1.807) is 24.7 Å². The molecule has 26 heavy (non-hydrogen) atoms. The van der Waals surface area contributed by atoms with E-state index in [-0.39, 0.29) is 10.9 Å². The van der Waals surface area contributed by atoms with Crippen LogP contribution in [-0.4, -0.2) is 59.3 Å². The molecule has 146 valence electrons. The third kappa shape index (κ3) is 4.28. The minimum atomic E-state index is -3.60. The molecule has 1 saturated heterocycles. The minimum Gasteiger partial charge on any atom is -0.341 e. The van der Waals surface area contributed by atoms with Gasteiger partial charge in [-0.2, -0.15) is 4.31 Å². The van der Waals surface area contributed by atoms with Crippen molar-refractivity contribution < 1.29 is 13.2 Å². The third-order valence-corrected chi connectivity index (χ3v) is 7.46. The van der Waals surface area contributed by atoms with Gasteiger partial charge in [-0.25, -0.2) is 13.4 Å². The molecular weight excluding hydrogens is 352 g/mol. The maximum absolute atomic E-state index is 12.8. The number of sulfonamides is 1. The Balaban J connectivity index is 1.61. The Kier molecular flexibility index (Phi) is 6.02. The lowest BCUT2D eigenvalue weighted by molar-refractivity contribution is -0.132.